The van der Waals surface area contributed by atoms with Crippen molar-refractivity contribution in [2.75, 3.05) is 0 Å². The Balaban J connectivity index is 3.58. The first-order valence-corrected chi connectivity index (χ1v) is 3.01. The lowest BCUT2D eigenvalue weighted by atomic mass is 10.2. The molecule has 0 aromatic carbocycles. The molecule has 0 nitrogen and oxygen atoms in total. The predicted octanol–water partition coefficient (Wildman–Crippen LogP) is 2.53. The lowest BCUT2D eigenvalue weighted by Gasteiger charge is -1.89. The molecule has 0 amide bonds. The molecule has 0 atom stereocenters. The van der Waals surface area contributed by atoms with E-state index in [0.717, 1.165) is 12.8 Å². The molecule has 0 heterocycles. The van der Waals surface area contributed by atoms with Gasteiger partial charge < -0.3 is 0 Å². The zero-order valence-corrected chi connectivity index (χ0v) is 5.85. The zero-order chi connectivity index (χ0) is 7.11. The van der Waals surface area contributed by atoms with Crippen molar-refractivity contribution in [3.63, 3.8) is 0 Å². The fourth-order valence-electron chi connectivity index (χ4n) is 0.518. The van der Waals surface area contributed by atoms with Crippen LogP contribution in [0.5, 0.6) is 0 Å². The second-order valence-corrected chi connectivity index (χ2v) is 1.96. The Kier molecular flexibility index (Phi) is 4.63. The molecular weight excluding hydrogens is 108 g/mol. The third-order valence-electron chi connectivity index (χ3n) is 1.01. The first-order chi connectivity index (χ1) is 4.31. The van der Waals surface area contributed by atoms with E-state index in [1.54, 1.807) is 0 Å². The highest BCUT2D eigenvalue weighted by molar-refractivity contribution is 5.08. The molecule has 0 aliphatic rings. The second-order valence-electron chi connectivity index (χ2n) is 1.96. The van der Waals surface area contributed by atoms with E-state index >= 15 is 0 Å². The Morgan fingerprint density at radius 2 is 2.44 bits per heavy atom. The lowest BCUT2D eigenvalue weighted by Crippen LogP contribution is -1.70. The number of hydrogen-bond acceptors (Lipinski definition) is 0. The molecule has 9 heavy (non-hydrogen) atoms. The number of hydrogen-bond donors (Lipinski definition) is 0. The van der Waals surface area contributed by atoms with Gasteiger partial charge in [-0.15, -0.1) is 18.9 Å². The molecule has 0 aliphatic carbocycles. The minimum absolute atomic E-state index is 0.758. The average Bonchev–Trinajstić information content (AvgIpc) is 1.85. The van der Waals surface area contributed by atoms with Crippen LogP contribution in [0.2, 0.25) is 0 Å². The van der Waals surface area contributed by atoms with Gasteiger partial charge in [-0.1, -0.05) is 17.7 Å². The third kappa shape index (κ3) is 4.90. The first-order valence-electron chi connectivity index (χ1n) is 3.01. The highest BCUT2D eigenvalue weighted by Gasteiger charge is 1.80. The maximum Gasteiger partial charge on any atom is 0.0293 e. The van der Waals surface area contributed by atoms with Crippen LogP contribution in [-0.4, -0.2) is 0 Å². The summed E-state index contributed by atoms with van der Waals surface area (Å²) < 4.78 is 0. The Bertz CT molecular complexity index is 144. The van der Waals surface area contributed by atoms with Crippen molar-refractivity contribution in [2.24, 2.45) is 0 Å². The van der Waals surface area contributed by atoms with E-state index in [2.05, 4.69) is 18.6 Å². The van der Waals surface area contributed by atoms with Crippen LogP contribution in [-0.2, 0) is 0 Å². The van der Waals surface area contributed by atoms with E-state index in [1.807, 2.05) is 13.0 Å². The van der Waals surface area contributed by atoms with Crippen LogP contribution < -0.4 is 0 Å². The largest absolute Gasteiger partial charge is 0.120 e. The molecule has 0 saturated heterocycles. The summed E-state index contributed by atoms with van der Waals surface area (Å²) in [7, 11) is 0. The third-order valence-corrected chi connectivity index (χ3v) is 1.01. The summed E-state index contributed by atoms with van der Waals surface area (Å²) in [6, 6.07) is 0. The van der Waals surface area contributed by atoms with E-state index in [0.29, 0.717) is 0 Å². The van der Waals surface area contributed by atoms with Crippen LogP contribution in [0.3, 0.4) is 0 Å². The molecule has 0 aromatic heterocycles. The van der Waals surface area contributed by atoms with Gasteiger partial charge in [0.05, 0.1) is 0 Å². The van der Waals surface area contributed by atoms with E-state index < -0.39 is 0 Å². The smallest absolute Gasteiger partial charge is 0.0293 e. The summed E-state index contributed by atoms with van der Waals surface area (Å²) >= 11 is 0. The summed E-state index contributed by atoms with van der Waals surface area (Å²) in [6.07, 6.45) is 10.7. The molecule has 0 bridgehead atoms. The van der Waals surface area contributed by atoms with Crippen LogP contribution in [0.4, 0.5) is 0 Å². The number of rotatable bonds is 3. The maximum absolute atomic E-state index is 5.08. The summed E-state index contributed by atoms with van der Waals surface area (Å²) in [5.74, 6) is 2.57. The Morgan fingerprint density at radius 3 is 2.89 bits per heavy atom. The van der Waals surface area contributed by atoms with Gasteiger partial charge in [-0.3, -0.25) is 0 Å². The molecule has 0 saturated carbocycles. The maximum atomic E-state index is 5.08. The van der Waals surface area contributed by atoms with Crippen molar-refractivity contribution < 1.29 is 0 Å². The highest BCUT2D eigenvalue weighted by Crippen LogP contribution is 1.99. The van der Waals surface area contributed by atoms with Crippen molar-refractivity contribution in [3.8, 4) is 12.3 Å². The Hall–Kier alpha value is -0.960. The minimum Gasteiger partial charge on any atom is -0.120 e. The summed E-state index contributed by atoms with van der Waals surface area (Å²) in [5, 5.41) is 0. The molecule has 0 N–H and O–H groups in total. The monoisotopic (exact) mass is 120 g/mol. The van der Waals surface area contributed by atoms with E-state index in [1.165, 1.54) is 5.57 Å². The minimum atomic E-state index is 0.758. The number of terminal acetylenes is 1. The van der Waals surface area contributed by atoms with Gasteiger partial charge in [0.15, 0.2) is 0 Å². The van der Waals surface area contributed by atoms with Gasteiger partial charge in [0, 0.05) is 6.42 Å². The van der Waals surface area contributed by atoms with Crippen molar-refractivity contribution >= 4 is 0 Å². The molecule has 0 rings (SSSR count). The average molecular weight is 120 g/mol. The van der Waals surface area contributed by atoms with Crippen molar-refractivity contribution in [1.82, 2.24) is 0 Å². The van der Waals surface area contributed by atoms with Crippen molar-refractivity contribution in [2.45, 2.75) is 19.8 Å². The zero-order valence-electron chi connectivity index (χ0n) is 5.85. The van der Waals surface area contributed by atoms with Crippen LogP contribution in [0.1, 0.15) is 19.8 Å². The molecule has 0 unspecified atom stereocenters. The van der Waals surface area contributed by atoms with Crippen LogP contribution >= 0.6 is 0 Å². The predicted molar refractivity (Wildman–Crippen MR) is 42.0 cm³/mol. The van der Waals surface area contributed by atoms with Gasteiger partial charge in [-0.25, -0.2) is 0 Å². The molecule has 48 valence electrons. The molecule has 0 spiro atoms. The topological polar surface area (TPSA) is 0 Å². The van der Waals surface area contributed by atoms with Crippen LogP contribution in [0.25, 0.3) is 0 Å². The Labute approximate surface area is 57.3 Å². The SMILES string of the molecule is C#CCC(C)=CCC=C. The van der Waals surface area contributed by atoms with Gasteiger partial charge >= 0.3 is 0 Å². The van der Waals surface area contributed by atoms with Gasteiger partial charge in [-0.2, -0.15) is 0 Å². The van der Waals surface area contributed by atoms with Crippen molar-refractivity contribution in [3.05, 3.63) is 24.3 Å². The van der Waals surface area contributed by atoms with Gasteiger partial charge in [0.2, 0.25) is 0 Å². The molecule has 0 radical (unpaired) electrons. The summed E-state index contributed by atoms with van der Waals surface area (Å²) in [5.41, 5.74) is 1.25. The van der Waals surface area contributed by atoms with Crippen LogP contribution in [0.15, 0.2) is 24.3 Å². The summed E-state index contributed by atoms with van der Waals surface area (Å²) in [4.78, 5) is 0. The molecule has 0 aromatic rings. The standard InChI is InChI=1S/C9H12/c1-4-6-8-9(3)7-5-2/h2,4,8H,1,6-7H2,3H3. The van der Waals surface area contributed by atoms with Crippen molar-refractivity contribution in [1.29, 1.82) is 0 Å². The quantitative estimate of drug-likeness (QED) is 0.396. The van der Waals surface area contributed by atoms with Crippen LogP contribution in [0, 0.1) is 12.3 Å². The first kappa shape index (κ1) is 8.04. The molecule has 0 fully saturated rings. The number of allylic oxidation sites excluding steroid dienone is 3. The fraction of sp³-hybridized carbons (Fsp3) is 0.333. The van der Waals surface area contributed by atoms with E-state index in [-0.39, 0.29) is 0 Å². The summed E-state index contributed by atoms with van der Waals surface area (Å²) in [6.45, 7) is 5.63. The van der Waals surface area contributed by atoms with Gasteiger partial charge in [0.1, 0.15) is 0 Å². The fourth-order valence-corrected chi connectivity index (χ4v) is 0.518. The molecular formula is C9H12. The lowest BCUT2D eigenvalue weighted by molar-refractivity contribution is 1.20. The molecule has 0 aliphatic heterocycles. The van der Waals surface area contributed by atoms with E-state index in [9.17, 15) is 0 Å². The highest BCUT2D eigenvalue weighted by atomic mass is 13.9. The second kappa shape index (κ2) is 5.18. The van der Waals surface area contributed by atoms with Gasteiger partial charge in [0.25, 0.3) is 0 Å². The van der Waals surface area contributed by atoms with Gasteiger partial charge in [-0.05, 0) is 13.3 Å². The normalized spacial score (nSPS) is 10.4. The molecule has 0 heteroatoms. The van der Waals surface area contributed by atoms with E-state index in [4.69, 9.17) is 6.42 Å². The Morgan fingerprint density at radius 1 is 1.78 bits per heavy atom.